The molecule has 0 bridgehead atoms. The summed E-state index contributed by atoms with van der Waals surface area (Å²) in [6.07, 6.45) is 8.00. The second kappa shape index (κ2) is 4.62. The highest BCUT2D eigenvalue weighted by atomic mass is 16.5. The lowest BCUT2D eigenvalue weighted by Crippen LogP contribution is -2.48. The van der Waals surface area contributed by atoms with Gasteiger partial charge in [-0.05, 0) is 38.5 Å². The summed E-state index contributed by atoms with van der Waals surface area (Å²) in [6, 6.07) is 0. The van der Waals surface area contributed by atoms with Gasteiger partial charge in [0.2, 0.25) is 0 Å². The second-order valence-electron chi connectivity index (χ2n) is 5.11. The van der Waals surface area contributed by atoms with Crippen LogP contribution in [0.15, 0.2) is 0 Å². The molecular formula is C12H21NO2. The van der Waals surface area contributed by atoms with Crippen molar-refractivity contribution >= 4 is 5.78 Å². The van der Waals surface area contributed by atoms with Gasteiger partial charge in [0.05, 0.1) is 6.10 Å². The first kappa shape index (κ1) is 11.1. The van der Waals surface area contributed by atoms with Crippen LogP contribution in [0.1, 0.15) is 51.4 Å². The second-order valence-corrected chi connectivity index (χ2v) is 5.11. The fourth-order valence-electron chi connectivity index (χ4n) is 2.48. The number of carbonyl (C=O) groups excluding carboxylic acids is 1. The molecular weight excluding hydrogens is 190 g/mol. The van der Waals surface area contributed by atoms with Crippen LogP contribution in [0.2, 0.25) is 0 Å². The average Bonchev–Trinajstić information content (AvgIpc) is 2.64. The van der Waals surface area contributed by atoms with Gasteiger partial charge in [-0.1, -0.05) is 0 Å². The summed E-state index contributed by atoms with van der Waals surface area (Å²) in [5.41, 5.74) is 5.89. The maximum absolute atomic E-state index is 11.7. The Labute approximate surface area is 91.4 Å². The zero-order valence-electron chi connectivity index (χ0n) is 9.34. The number of carbonyl (C=O) groups is 1. The Bertz CT molecular complexity index is 230. The molecule has 86 valence electrons. The zero-order valence-corrected chi connectivity index (χ0v) is 9.34. The molecule has 1 aliphatic heterocycles. The maximum Gasteiger partial charge on any atom is 0.134 e. The average molecular weight is 211 g/mol. The highest BCUT2D eigenvalue weighted by molar-refractivity contribution is 5.79. The lowest BCUT2D eigenvalue weighted by Gasteiger charge is -2.37. The molecule has 2 aliphatic rings. The predicted molar refractivity (Wildman–Crippen MR) is 58.6 cm³/mol. The molecule has 2 fully saturated rings. The Kier molecular flexibility index (Phi) is 3.42. The summed E-state index contributed by atoms with van der Waals surface area (Å²) in [6.45, 7) is 0.875. The summed E-state index contributed by atoms with van der Waals surface area (Å²) >= 11 is 0. The van der Waals surface area contributed by atoms with Crippen LogP contribution in [0.4, 0.5) is 0 Å². The molecule has 0 radical (unpaired) electrons. The van der Waals surface area contributed by atoms with Gasteiger partial charge in [-0.3, -0.25) is 4.79 Å². The predicted octanol–water partition coefficient (Wildman–Crippen LogP) is 1.79. The van der Waals surface area contributed by atoms with Gasteiger partial charge in [0.25, 0.3) is 0 Å². The van der Waals surface area contributed by atoms with E-state index < -0.39 is 0 Å². The van der Waals surface area contributed by atoms with Crippen molar-refractivity contribution in [3.8, 4) is 0 Å². The van der Waals surface area contributed by atoms with E-state index in [9.17, 15) is 4.79 Å². The topological polar surface area (TPSA) is 52.3 Å². The monoisotopic (exact) mass is 211 g/mol. The smallest absolute Gasteiger partial charge is 0.134 e. The van der Waals surface area contributed by atoms with E-state index in [1.54, 1.807) is 0 Å². The third-order valence-corrected chi connectivity index (χ3v) is 3.67. The normalized spacial score (nSPS) is 28.7. The van der Waals surface area contributed by atoms with Crippen molar-refractivity contribution < 1.29 is 9.53 Å². The van der Waals surface area contributed by atoms with Gasteiger partial charge in [-0.25, -0.2) is 0 Å². The van der Waals surface area contributed by atoms with E-state index in [1.165, 1.54) is 6.42 Å². The molecule has 0 aromatic heterocycles. The number of nitrogens with two attached hydrogens (primary N) is 1. The summed E-state index contributed by atoms with van der Waals surface area (Å²) in [4.78, 5) is 11.7. The molecule has 0 aromatic rings. The number of rotatable bonds is 5. The Morgan fingerprint density at radius 3 is 2.73 bits per heavy atom. The largest absolute Gasteiger partial charge is 0.378 e. The lowest BCUT2D eigenvalue weighted by molar-refractivity contribution is -0.121. The molecule has 1 unspecified atom stereocenters. The summed E-state index contributed by atoms with van der Waals surface area (Å²) in [7, 11) is 0. The van der Waals surface area contributed by atoms with E-state index in [0.29, 0.717) is 24.7 Å². The van der Waals surface area contributed by atoms with Crippen molar-refractivity contribution in [1.82, 2.24) is 0 Å². The van der Waals surface area contributed by atoms with Gasteiger partial charge in [0.15, 0.2) is 0 Å². The lowest BCUT2D eigenvalue weighted by atomic mass is 9.74. The van der Waals surface area contributed by atoms with Crippen molar-refractivity contribution in [2.24, 2.45) is 5.73 Å². The van der Waals surface area contributed by atoms with Crippen LogP contribution in [-0.2, 0) is 9.53 Å². The van der Waals surface area contributed by atoms with Gasteiger partial charge in [0, 0.05) is 25.0 Å². The molecule has 3 heteroatoms. The van der Waals surface area contributed by atoms with E-state index in [4.69, 9.17) is 10.5 Å². The van der Waals surface area contributed by atoms with E-state index in [0.717, 1.165) is 38.7 Å². The third kappa shape index (κ3) is 3.02. The standard InChI is InChI=1S/C12H21NO2/c13-12(6-2-7-12)9-10(14)4-5-11-3-1-8-15-11/h11H,1-9,13H2. The van der Waals surface area contributed by atoms with Crippen LogP contribution in [0.25, 0.3) is 0 Å². The fraction of sp³-hybridized carbons (Fsp3) is 0.917. The van der Waals surface area contributed by atoms with Gasteiger partial charge >= 0.3 is 0 Å². The number of ether oxygens (including phenoxy) is 1. The highest BCUT2D eigenvalue weighted by Crippen LogP contribution is 2.32. The molecule has 0 spiro atoms. The molecule has 0 amide bonds. The van der Waals surface area contributed by atoms with Crippen molar-refractivity contribution in [2.75, 3.05) is 6.61 Å². The van der Waals surface area contributed by atoms with Gasteiger partial charge in [-0.2, -0.15) is 0 Å². The molecule has 1 atom stereocenters. The molecule has 1 aliphatic carbocycles. The number of hydrogen-bond acceptors (Lipinski definition) is 3. The van der Waals surface area contributed by atoms with E-state index >= 15 is 0 Å². The van der Waals surface area contributed by atoms with E-state index in [2.05, 4.69) is 0 Å². The Hall–Kier alpha value is -0.410. The molecule has 15 heavy (non-hydrogen) atoms. The van der Waals surface area contributed by atoms with Crippen molar-refractivity contribution in [3.63, 3.8) is 0 Å². The van der Waals surface area contributed by atoms with Crippen LogP contribution >= 0.6 is 0 Å². The minimum Gasteiger partial charge on any atom is -0.378 e. The van der Waals surface area contributed by atoms with Crippen LogP contribution in [-0.4, -0.2) is 24.0 Å². The van der Waals surface area contributed by atoms with Crippen LogP contribution in [0.5, 0.6) is 0 Å². The van der Waals surface area contributed by atoms with Crippen LogP contribution in [0.3, 0.4) is 0 Å². The first-order valence-corrected chi connectivity index (χ1v) is 6.10. The van der Waals surface area contributed by atoms with Crippen LogP contribution < -0.4 is 5.73 Å². The summed E-state index contributed by atoms with van der Waals surface area (Å²) in [5.74, 6) is 0.327. The number of hydrogen-bond donors (Lipinski definition) is 1. The first-order chi connectivity index (χ1) is 7.18. The quantitative estimate of drug-likeness (QED) is 0.754. The minimum absolute atomic E-state index is 0.145. The highest BCUT2D eigenvalue weighted by Gasteiger charge is 2.34. The van der Waals surface area contributed by atoms with Crippen molar-refractivity contribution in [3.05, 3.63) is 0 Å². The van der Waals surface area contributed by atoms with Gasteiger partial charge in [-0.15, -0.1) is 0 Å². The Morgan fingerprint density at radius 2 is 2.20 bits per heavy atom. The minimum atomic E-state index is -0.145. The summed E-state index contributed by atoms with van der Waals surface area (Å²) in [5, 5.41) is 0. The maximum atomic E-state index is 11.7. The zero-order chi connectivity index (χ0) is 10.7. The third-order valence-electron chi connectivity index (χ3n) is 3.67. The number of ketones is 1. The van der Waals surface area contributed by atoms with E-state index in [1.807, 2.05) is 0 Å². The molecule has 1 saturated heterocycles. The molecule has 0 aromatic carbocycles. The molecule has 3 nitrogen and oxygen atoms in total. The Balaban J connectivity index is 1.63. The Morgan fingerprint density at radius 1 is 1.40 bits per heavy atom. The molecule has 1 heterocycles. The fourth-order valence-corrected chi connectivity index (χ4v) is 2.48. The van der Waals surface area contributed by atoms with Crippen LogP contribution in [0, 0.1) is 0 Å². The number of Topliss-reactive ketones (excluding diaryl/α,β-unsaturated/α-hetero) is 1. The first-order valence-electron chi connectivity index (χ1n) is 6.10. The SMILES string of the molecule is NC1(CC(=O)CCC2CCCO2)CCC1. The summed E-state index contributed by atoms with van der Waals surface area (Å²) < 4.78 is 5.49. The van der Waals surface area contributed by atoms with Crippen molar-refractivity contribution in [1.29, 1.82) is 0 Å². The van der Waals surface area contributed by atoms with Gasteiger partial charge in [0.1, 0.15) is 5.78 Å². The van der Waals surface area contributed by atoms with E-state index in [-0.39, 0.29) is 5.54 Å². The van der Waals surface area contributed by atoms with Crippen molar-refractivity contribution in [2.45, 2.75) is 63.0 Å². The van der Waals surface area contributed by atoms with Gasteiger partial charge < -0.3 is 10.5 Å². The molecule has 2 N–H and O–H groups in total. The molecule has 2 rings (SSSR count). The molecule has 1 saturated carbocycles.